The first-order valence-corrected chi connectivity index (χ1v) is 3.55. The smallest absolute Gasteiger partial charge is 0.191 e. The molecule has 2 nitrogen and oxygen atoms in total. The number of aromatic nitrogens is 1. The van der Waals surface area contributed by atoms with Crippen molar-refractivity contribution in [2.75, 3.05) is 6.67 Å². The van der Waals surface area contributed by atoms with Gasteiger partial charge in [0.25, 0.3) is 0 Å². The zero-order valence-corrected chi connectivity index (χ0v) is 7.02. The van der Waals surface area contributed by atoms with Crippen LogP contribution in [0.1, 0.15) is 25.4 Å². The zero-order chi connectivity index (χ0) is 8.48. The van der Waals surface area contributed by atoms with Crippen LogP contribution in [0.25, 0.3) is 0 Å². The Kier molecular flexibility index (Phi) is 1.98. The number of nitrogens with zero attached hydrogens (tertiary/aromatic N) is 1. The molecule has 0 atom stereocenters. The minimum absolute atomic E-state index is 0.418. The monoisotopic (exact) mass is 157 g/mol. The van der Waals surface area contributed by atoms with Crippen molar-refractivity contribution in [2.24, 2.45) is 0 Å². The first kappa shape index (κ1) is 8.24. The third-order valence-corrected chi connectivity index (χ3v) is 1.65. The van der Waals surface area contributed by atoms with Gasteiger partial charge < -0.3 is 4.42 Å². The van der Waals surface area contributed by atoms with Gasteiger partial charge in [0.05, 0.1) is 5.69 Å². The van der Waals surface area contributed by atoms with Gasteiger partial charge in [-0.2, -0.15) is 0 Å². The van der Waals surface area contributed by atoms with E-state index >= 15 is 0 Å². The van der Waals surface area contributed by atoms with Crippen LogP contribution in [0.4, 0.5) is 4.39 Å². The number of hydrogen-bond acceptors (Lipinski definition) is 2. The lowest BCUT2D eigenvalue weighted by atomic mass is 9.92. The van der Waals surface area contributed by atoms with Gasteiger partial charge in [0.2, 0.25) is 0 Å². The van der Waals surface area contributed by atoms with Gasteiger partial charge in [-0.05, 0) is 0 Å². The van der Waals surface area contributed by atoms with E-state index in [1.54, 1.807) is 20.8 Å². The number of rotatable bonds is 2. The van der Waals surface area contributed by atoms with E-state index in [9.17, 15) is 4.39 Å². The van der Waals surface area contributed by atoms with Crippen LogP contribution in [-0.2, 0) is 5.41 Å². The summed E-state index contributed by atoms with van der Waals surface area (Å²) in [5.41, 5.74) is 0.162. The van der Waals surface area contributed by atoms with Crippen LogP contribution in [0.2, 0.25) is 0 Å². The highest BCUT2D eigenvalue weighted by molar-refractivity contribution is 5.09. The maximum Gasteiger partial charge on any atom is 0.191 e. The van der Waals surface area contributed by atoms with Crippen LogP contribution >= 0.6 is 0 Å². The van der Waals surface area contributed by atoms with Crippen molar-refractivity contribution in [3.63, 3.8) is 0 Å². The Morgan fingerprint density at radius 2 is 2.27 bits per heavy atom. The lowest BCUT2D eigenvalue weighted by Crippen LogP contribution is -2.19. The Bertz CT molecular complexity index is 242. The van der Waals surface area contributed by atoms with Crippen molar-refractivity contribution in [3.05, 3.63) is 17.8 Å². The molecular formula is C8H12FNO. The number of halogens is 1. The fourth-order valence-electron chi connectivity index (χ4n) is 0.743. The van der Waals surface area contributed by atoms with E-state index in [2.05, 4.69) is 4.98 Å². The van der Waals surface area contributed by atoms with E-state index in [4.69, 9.17) is 4.42 Å². The Morgan fingerprint density at radius 3 is 2.64 bits per heavy atom. The second-order valence-electron chi connectivity index (χ2n) is 3.27. The largest absolute Gasteiger partial charge is 0.449 e. The molecule has 0 amide bonds. The molecule has 0 N–H and O–H groups in total. The molecule has 0 saturated heterocycles. The molecule has 0 aromatic carbocycles. The van der Waals surface area contributed by atoms with Crippen molar-refractivity contribution < 1.29 is 8.81 Å². The number of hydrogen-bond donors (Lipinski definition) is 0. The fraction of sp³-hybridized carbons (Fsp3) is 0.625. The average molecular weight is 157 g/mol. The molecule has 11 heavy (non-hydrogen) atoms. The summed E-state index contributed by atoms with van der Waals surface area (Å²) in [7, 11) is 0. The maximum atomic E-state index is 12.4. The lowest BCUT2D eigenvalue weighted by molar-refractivity contribution is 0.343. The van der Waals surface area contributed by atoms with Crippen LogP contribution in [0, 0.1) is 6.92 Å². The van der Waals surface area contributed by atoms with Gasteiger partial charge in [-0.1, -0.05) is 13.8 Å². The predicted molar refractivity (Wildman–Crippen MR) is 40.2 cm³/mol. The van der Waals surface area contributed by atoms with Gasteiger partial charge in [0.1, 0.15) is 12.9 Å². The summed E-state index contributed by atoms with van der Waals surface area (Å²) in [5, 5.41) is 0. The molecule has 0 radical (unpaired) electrons. The number of alkyl halides is 1. The summed E-state index contributed by atoms with van der Waals surface area (Å²) in [6.45, 7) is 4.92. The topological polar surface area (TPSA) is 26.0 Å². The van der Waals surface area contributed by atoms with Crippen molar-refractivity contribution in [2.45, 2.75) is 26.2 Å². The molecule has 0 aliphatic carbocycles. The zero-order valence-electron chi connectivity index (χ0n) is 7.02. The summed E-state index contributed by atoms with van der Waals surface area (Å²) in [4.78, 5) is 4.05. The molecule has 1 heterocycles. The molecule has 0 fully saturated rings. The van der Waals surface area contributed by atoms with Gasteiger partial charge in [-0.25, -0.2) is 4.98 Å². The highest BCUT2D eigenvalue weighted by Crippen LogP contribution is 2.22. The molecule has 1 aromatic rings. The minimum atomic E-state index is -0.516. The average Bonchev–Trinajstić information content (AvgIpc) is 2.36. The van der Waals surface area contributed by atoms with Crippen molar-refractivity contribution in [1.82, 2.24) is 4.98 Å². The first-order valence-electron chi connectivity index (χ1n) is 3.55. The van der Waals surface area contributed by atoms with Crippen LogP contribution in [-0.4, -0.2) is 11.7 Å². The van der Waals surface area contributed by atoms with Gasteiger partial charge in [-0.15, -0.1) is 0 Å². The molecular weight excluding hydrogens is 145 g/mol. The quantitative estimate of drug-likeness (QED) is 0.658. The molecule has 0 unspecified atom stereocenters. The molecule has 1 aromatic heterocycles. The minimum Gasteiger partial charge on any atom is -0.449 e. The normalized spacial score (nSPS) is 12.0. The van der Waals surface area contributed by atoms with Gasteiger partial charge in [-0.3, -0.25) is 4.39 Å². The third kappa shape index (κ3) is 1.59. The second-order valence-corrected chi connectivity index (χ2v) is 3.27. The molecule has 0 spiro atoms. The van der Waals surface area contributed by atoms with Crippen LogP contribution < -0.4 is 0 Å². The summed E-state index contributed by atoms with van der Waals surface area (Å²) < 4.78 is 17.4. The predicted octanol–water partition coefficient (Wildman–Crippen LogP) is 2.23. The molecule has 1 rings (SSSR count). The molecule has 0 saturated carbocycles. The Balaban J connectivity index is 2.92. The van der Waals surface area contributed by atoms with E-state index < -0.39 is 12.1 Å². The highest BCUT2D eigenvalue weighted by Gasteiger charge is 2.23. The first-order chi connectivity index (χ1) is 5.06. The lowest BCUT2D eigenvalue weighted by Gasteiger charge is -2.15. The van der Waals surface area contributed by atoms with Crippen molar-refractivity contribution in [3.8, 4) is 0 Å². The van der Waals surface area contributed by atoms with Gasteiger partial charge in [0, 0.05) is 12.3 Å². The van der Waals surface area contributed by atoms with Crippen molar-refractivity contribution in [1.29, 1.82) is 0 Å². The van der Waals surface area contributed by atoms with E-state index in [0.29, 0.717) is 11.6 Å². The summed E-state index contributed by atoms with van der Waals surface area (Å²) in [5.74, 6) is 0.585. The number of aryl methyl sites for hydroxylation is 1. The van der Waals surface area contributed by atoms with Crippen LogP contribution in [0.3, 0.4) is 0 Å². The highest BCUT2D eigenvalue weighted by atomic mass is 19.1. The molecule has 3 heteroatoms. The van der Waals surface area contributed by atoms with Crippen LogP contribution in [0.5, 0.6) is 0 Å². The third-order valence-electron chi connectivity index (χ3n) is 1.65. The molecule has 62 valence electrons. The SMILES string of the molecule is Cc1nc(C(C)(C)CF)co1. The maximum absolute atomic E-state index is 12.4. The Hall–Kier alpha value is -0.860. The van der Waals surface area contributed by atoms with E-state index in [0.717, 1.165) is 0 Å². The summed E-state index contributed by atoms with van der Waals surface area (Å²) in [6, 6.07) is 0. The van der Waals surface area contributed by atoms with Crippen LogP contribution in [0.15, 0.2) is 10.7 Å². The summed E-state index contributed by atoms with van der Waals surface area (Å²) in [6.07, 6.45) is 1.51. The molecule has 0 bridgehead atoms. The molecule has 0 aliphatic heterocycles. The van der Waals surface area contributed by atoms with E-state index in [1.807, 2.05) is 0 Å². The van der Waals surface area contributed by atoms with E-state index in [-0.39, 0.29) is 0 Å². The van der Waals surface area contributed by atoms with E-state index in [1.165, 1.54) is 6.26 Å². The fourth-order valence-corrected chi connectivity index (χ4v) is 0.743. The van der Waals surface area contributed by atoms with Gasteiger partial charge >= 0.3 is 0 Å². The Morgan fingerprint density at radius 1 is 1.64 bits per heavy atom. The van der Waals surface area contributed by atoms with Crippen molar-refractivity contribution >= 4 is 0 Å². The molecule has 0 aliphatic rings. The second kappa shape index (κ2) is 2.64. The number of oxazole rings is 1. The standard InChI is InChI=1S/C8H12FNO/c1-6-10-7(4-11-6)8(2,3)5-9/h4H,5H2,1-3H3. The Labute approximate surface area is 65.4 Å². The van der Waals surface area contributed by atoms with Gasteiger partial charge in [0.15, 0.2) is 5.89 Å². The summed E-state index contributed by atoms with van der Waals surface area (Å²) >= 11 is 0.